The third kappa shape index (κ3) is 7.19. The van der Waals surface area contributed by atoms with Crippen LogP contribution in [0.3, 0.4) is 0 Å². The quantitative estimate of drug-likeness (QED) is 0.425. The molecule has 0 radical (unpaired) electrons. The third-order valence-electron chi connectivity index (χ3n) is 2.13. The van der Waals surface area contributed by atoms with Crippen LogP contribution < -0.4 is 0 Å². The van der Waals surface area contributed by atoms with E-state index in [9.17, 15) is 4.80 Å². The van der Waals surface area contributed by atoms with Crippen LogP contribution >= 0.6 is 25.3 Å². The fraction of sp³-hybridized carbons (Fsp3) is 1.00. The van der Waals surface area contributed by atoms with Gasteiger partial charge in [-0.15, -0.1) is 0 Å². The molecule has 16 heavy (non-hydrogen) atoms. The maximum absolute atomic E-state index is 10.3. The smallest absolute Gasteiger partial charge is 0.390 e. The van der Waals surface area contributed by atoms with E-state index >= 15 is 0 Å². The lowest BCUT2D eigenvalue weighted by Gasteiger charge is -2.26. The van der Waals surface area contributed by atoms with E-state index in [1.165, 1.54) is 0 Å². The van der Waals surface area contributed by atoms with E-state index in [-0.39, 0.29) is 5.92 Å². The largest absolute Gasteiger partial charge is 0.498 e. The fourth-order valence-corrected chi connectivity index (χ4v) is 4.82. The summed E-state index contributed by atoms with van der Waals surface area (Å²) in [7, 11) is -2.99. The molecule has 0 aromatic carbocycles. The van der Waals surface area contributed by atoms with Crippen LogP contribution in [-0.4, -0.2) is 38.3 Å². The van der Waals surface area contributed by atoms with Crippen molar-refractivity contribution in [2.24, 2.45) is 5.92 Å². The molecule has 0 unspecified atom stereocenters. The Morgan fingerprint density at radius 1 is 1.06 bits per heavy atom. The number of hydrogen-bond donors (Lipinski definition) is 3. The Balaban J connectivity index is 4.25. The van der Waals surface area contributed by atoms with Crippen LogP contribution in [0.15, 0.2) is 0 Å². The number of hydrogen-bond acceptors (Lipinski definition) is 5. The highest BCUT2D eigenvalue weighted by atomic mass is 32.1. The van der Waals surface area contributed by atoms with Crippen molar-refractivity contribution in [2.45, 2.75) is 32.7 Å². The molecule has 0 saturated heterocycles. The SMILES string of the molecule is CCCO[Si](O)(CC(CS)CS)OCCC. The molecule has 0 rings (SSSR count). The Morgan fingerprint density at radius 3 is 1.81 bits per heavy atom. The minimum atomic E-state index is -2.99. The summed E-state index contributed by atoms with van der Waals surface area (Å²) in [6.07, 6.45) is 1.77. The van der Waals surface area contributed by atoms with Crippen LogP contribution in [0, 0.1) is 5.92 Å². The molecule has 0 aromatic rings. The van der Waals surface area contributed by atoms with Gasteiger partial charge in [-0.2, -0.15) is 25.3 Å². The van der Waals surface area contributed by atoms with Gasteiger partial charge < -0.3 is 13.6 Å². The summed E-state index contributed by atoms with van der Waals surface area (Å²) in [6.45, 7) is 5.14. The van der Waals surface area contributed by atoms with Gasteiger partial charge in [-0.3, -0.25) is 0 Å². The van der Waals surface area contributed by atoms with Gasteiger partial charge in [-0.05, 0) is 30.3 Å². The molecule has 0 saturated carbocycles. The van der Waals surface area contributed by atoms with Crippen LogP contribution in [0.4, 0.5) is 0 Å². The van der Waals surface area contributed by atoms with Crippen LogP contribution in [0.25, 0.3) is 0 Å². The van der Waals surface area contributed by atoms with Crippen molar-refractivity contribution in [1.29, 1.82) is 0 Å². The molecule has 0 amide bonds. The van der Waals surface area contributed by atoms with E-state index in [0.29, 0.717) is 30.8 Å². The van der Waals surface area contributed by atoms with Gasteiger partial charge in [0.25, 0.3) is 0 Å². The van der Waals surface area contributed by atoms with Crippen molar-refractivity contribution >= 4 is 34.1 Å². The first-order valence-corrected chi connectivity index (χ1v) is 9.07. The van der Waals surface area contributed by atoms with Gasteiger partial charge in [0.15, 0.2) is 0 Å². The van der Waals surface area contributed by atoms with E-state index in [1.807, 2.05) is 13.8 Å². The molecule has 0 aliphatic rings. The summed E-state index contributed by atoms with van der Waals surface area (Å²) in [6, 6.07) is 0.556. The summed E-state index contributed by atoms with van der Waals surface area (Å²) in [5, 5.41) is 0. The van der Waals surface area contributed by atoms with Gasteiger partial charge in [0.05, 0.1) is 0 Å². The van der Waals surface area contributed by atoms with Gasteiger partial charge >= 0.3 is 8.80 Å². The zero-order valence-electron chi connectivity index (χ0n) is 10.2. The van der Waals surface area contributed by atoms with Gasteiger partial charge in [0, 0.05) is 19.3 Å². The molecule has 0 bridgehead atoms. The average Bonchev–Trinajstić information content (AvgIpc) is 2.31. The van der Waals surface area contributed by atoms with Gasteiger partial charge in [-0.25, -0.2) is 0 Å². The van der Waals surface area contributed by atoms with Gasteiger partial charge in [0.1, 0.15) is 0 Å². The Bertz CT molecular complexity index is 160. The van der Waals surface area contributed by atoms with Crippen molar-refractivity contribution in [2.75, 3.05) is 24.7 Å². The maximum Gasteiger partial charge on any atom is 0.498 e. The molecule has 6 heteroatoms. The van der Waals surface area contributed by atoms with Crippen LogP contribution in [0.5, 0.6) is 0 Å². The second-order valence-corrected chi connectivity index (χ2v) is 6.99. The van der Waals surface area contributed by atoms with E-state index in [2.05, 4.69) is 25.3 Å². The molecule has 0 fully saturated rings. The highest BCUT2D eigenvalue weighted by molar-refractivity contribution is 7.81. The number of rotatable bonds is 10. The van der Waals surface area contributed by atoms with Crippen LogP contribution in [-0.2, 0) is 8.85 Å². The highest BCUT2D eigenvalue weighted by Crippen LogP contribution is 2.20. The lowest BCUT2D eigenvalue weighted by Crippen LogP contribution is -2.45. The predicted molar refractivity (Wildman–Crippen MR) is 76.5 cm³/mol. The summed E-state index contributed by atoms with van der Waals surface area (Å²) in [5.74, 6) is 1.64. The van der Waals surface area contributed by atoms with Crippen LogP contribution in [0.1, 0.15) is 26.7 Å². The predicted octanol–water partition coefficient (Wildman–Crippen LogP) is 2.25. The van der Waals surface area contributed by atoms with Crippen molar-refractivity contribution in [3.63, 3.8) is 0 Å². The van der Waals surface area contributed by atoms with Gasteiger partial charge in [-0.1, -0.05) is 13.8 Å². The molecule has 98 valence electrons. The molecule has 0 aromatic heterocycles. The lowest BCUT2D eigenvalue weighted by atomic mass is 10.3. The van der Waals surface area contributed by atoms with Crippen LogP contribution in [0.2, 0.25) is 6.04 Å². The van der Waals surface area contributed by atoms with Crippen molar-refractivity contribution in [3.05, 3.63) is 0 Å². The Hall–Kier alpha value is 0.797. The Kier molecular flexibility index (Phi) is 10.3. The molecular weight excluding hydrogens is 260 g/mol. The van der Waals surface area contributed by atoms with Crippen molar-refractivity contribution in [1.82, 2.24) is 0 Å². The highest BCUT2D eigenvalue weighted by Gasteiger charge is 2.38. The topological polar surface area (TPSA) is 38.7 Å². The summed E-state index contributed by atoms with van der Waals surface area (Å²) < 4.78 is 11.0. The van der Waals surface area contributed by atoms with E-state index in [1.54, 1.807) is 0 Å². The van der Waals surface area contributed by atoms with Crippen molar-refractivity contribution < 1.29 is 13.6 Å². The first kappa shape index (κ1) is 16.8. The molecule has 0 heterocycles. The van der Waals surface area contributed by atoms with E-state index < -0.39 is 8.80 Å². The van der Waals surface area contributed by atoms with E-state index in [4.69, 9.17) is 8.85 Å². The zero-order valence-corrected chi connectivity index (χ0v) is 13.0. The Labute approximate surface area is 111 Å². The molecule has 1 N–H and O–H groups in total. The maximum atomic E-state index is 10.3. The number of thiol groups is 2. The molecule has 0 spiro atoms. The first-order valence-electron chi connectivity index (χ1n) is 5.83. The summed E-state index contributed by atoms with van der Waals surface area (Å²) >= 11 is 8.48. The van der Waals surface area contributed by atoms with Crippen molar-refractivity contribution in [3.8, 4) is 0 Å². The second kappa shape index (κ2) is 9.79. The third-order valence-corrected chi connectivity index (χ3v) is 5.56. The Morgan fingerprint density at radius 2 is 1.50 bits per heavy atom. The molecule has 0 aliphatic heterocycles. The molecule has 0 atom stereocenters. The minimum Gasteiger partial charge on any atom is -0.390 e. The molecule has 3 nitrogen and oxygen atoms in total. The second-order valence-electron chi connectivity index (χ2n) is 3.84. The summed E-state index contributed by atoms with van der Waals surface area (Å²) in [5.41, 5.74) is 0. The minimum absolute atomic E-state index is 0.247. The molecular formula is C10H24O3S2Si. The molecule has 0 aliphatic carbocycles. The standard InChI is InChI=1S/C10H24O3S2Si/c1-3-5-12-16(11,13-6-4-2)9-10(7-14)8-15/h10-11,14-15H,3-9H2,1-2H3. The average molecular weight is 285 g/mol. The fourth-order valence-electron chi connectivity index (χ4n) is 1.23. The lowest BCUT2D eigenvalue weighted by molar-refractivity contribution is 0.0944. The zero-order chi connectivity index (χ0) is 12.4. The monoisotopic (exact) mass is 284 g/mol. The van der Waals surface area contributed by atoms with E-state index in [0.717, 1.165) is 12.8 Å². The summed E-state index contributed by atoms with van der Waals surface area (Å²) in [4.78, 5) is 10.3. The first-order chi connectivity index (χ1) is 7.61. The normalized spacial score (nSPS) is 12.4. The van der Waals surface area contributed by atoms with Gasteiger partial charge in [0.2, 0.25) is 0 Å².